The van der Waals surface area contributed by atoms with Crippen LogP contribution >= 0.6 is 0 Å². The SMILES string of the molecule is Oc1c(-c2cccc(N(c3ccccc3)c3ccc4oc5ccc6ccccc6c5c4c3)c2)cccc1C1CCCC1. The van der Waals surface area contributed by atoms with Crippen LogP contribution in [0, 0.1) is 0 Å². The quantitative estimate of drug-likeness (QED) is 0.234. The summed E-state index contributed by atoms with van der Waals surface area (Å²) in [6.45, 7) is 0. The summed E-state index contributed by atoms with van der Waals surface area (Å²) < 4.78 is 6.30. The number of furan rings is 1. The number of nitrogens with zero attached hydrogens (tertiary/aromatic N) is 1. The summed E-state index contributed by atoms with van der Waals surface area (Å²) in [4.78, 5) is 2.28. The molecular weight excluding hydrogens is 514 g/mol. The predicted molar refractivity (Wildman–Crippen MR) is 174 cm³/mol. The van der Waals surface area contributed by atoms with Crippen molar-refractivity contribution in [2.75, 3.05) is 4.90 Å². The Kier molecular flexibility index (Phi) is 5.96. The molecule has 0 amide bonds. The molecule has 8 rings (SSSR count). The highest BCUT2D eigenvalue weighted by molar-refractivity contribution is 6.19. The van der Waals surface area contributed by atoms with Gasteiger partial charge in [-0.3, -0.25) is 0 Å². The number of hydrogen-bond donors (Lipinski definition) is 1. The molecule has 1 heterocycles. The van der Waals surface area contributed by atoms with E-state index in [-0.39, 0.29) is 0 Å². The lowest BCUT2D eigenvalue weighted by molar-refractivity contribution is 0.463. The van der Waals surface area contributed by atoms with Crippen LogP contribution < -0.4 is 4.90 Å². The lowest BCUT2D eigenvalue weighted by atomic mass is 9.92. The molecular formula is C39H31NO2. The van der Waals surface area contributed by atoms with E-state index in [0.29, 0.717) is 11.7 Å². The van der Waals surface area contributed by atoms with Crippen LogP contribution in [0.5, 0.6) is 5.75 Å². The first-order chi connectivity index (χ1) is 20.7. The van der Waals surface area contributed by atoms with E-state index in [1.54, 1.807) is 0 Å². The molecule has 1 aliphatic rings. The molecule has 6 aromatic carbocycles. The van der Waals surface area contributed by atoms with Crippen molar-refractivity contribution in [3.05, 3.63) is 133 Å². The zero-order valence-corrected chi connectivity index (χ0v) is 23.3. The lowest BCUT2D eigenvalue weighted by Gasteiger charge is -2.26. The molecule has 0 radical (unpaired) electrons. The third kappa shape index (κ3) is 4.12. The molecule has 1 N–H and O–H groups in total. The fraction of sp³-hybridized carbons (Fsp3) is 0.128. The van der Waals surface area contributed by atoms with Gasteiger partial charge in [0.1, 0.15) is 16.9 Å². The summed E-state index contributed by atoms with van der Waals surface area (Å²) in [6.07, 6.45) is 4.78. The van der Waals surface area contributed by atoms with Crippen LogP contribution in [-0.4, -0.2) is 5.11 Å². The Balaban J connectivity index is 1.29. The predicted octanol–water partition coefficient (Wildman–Crippen LogP) is 11.2. The second kappa shape index (κ2) is 10.1. The Morgan fingerprint density at radius 3 is 2.21 bits per heavy atom. The number of anilines is 3. The molecule has 1 aliphatic carbocycles. The van der Waals surface area contributed by atoms with Crippen molar-refractivity contribution in [3.63, 3.8) is 0 Å². The molecule has 204 valence electrons. The Morgan fingerprint density at radius 1 is 0.595 bits per heavy atom. The van der Waals surface area contributed by atoms with Gasteiger partial charge < -0.3 is 14.4 Å². The van der Waals surface area contributed by atoms with Crippen LogP contribution in [0.2, 0.25) is 0 Å². The zero-order valence-electron chi connectivity index (χ0n) is 23.3. The maximum Gasteiger partial charge on any atom is 0.136 e. The molecule has 1 fully saturated rings. The van der Waals surface area contributed by atoms with Crippen molar-refractivity contribution in [2.24, 2.45) is 0 Å². The van der Waals surface area contributed by atoms with E-state index in [1.165, 1.54) is 23.6 Å². The van der Waals surface area contributed by atoms with Gasteiger partial charge in [0.25, 0.3) is 0 Å². The van der Waals surface area contributed by atoms with Gasteiger partial charge >= 0.3 is 0 Å². The molecule has 0 atom stereocenters. The van der Waals surface area contributed by atoms with E-state index in [1.807, 2.05) is 12.1 Å². The van der Waals surface area contributed by atoms with Crippen molar-refractivity contribution in [1.82, 2.24) is 0 Å². The monoisotopic (exact) mass is 545 g/mol. The van der Waals surface area contributed by atoms with Crippen LogP contribution in [-0.2, 0) is 0 Å². The number of hydrogen-bond acceptors (Lipinski definition) is 3. The molecule has 7 aromatic rings. The number of phenols is 1. The van der Waals surface area contributed by atoms with Gasteiger partial charge in [0, 0.05) is 33.4 Å². The van der Waals surface area contributed by atoms with Crippen LogP contribution in [0.4, 0.5) is 17.1 Å². The van der Waals surface area contributed by atoms with Crippen molar-refractivity contribution in [1.29, 1.82) is 0 Å². The first kappa shape index (κ1) is 24.8. The van der Waals surface area contributed by atoms with E-state index in [2.05, 4.69) is 120 Å². The third-order valence-corrected chi connectivity index (χ3v) is 8.89. The molecule has 0 bridgehead atoms. The van der Waals surface area contributed by atoms with E-state index >= 15 is 0 Å². The van der Waals surface area contributed by atoms with Crippen molar-refractivity contribution >= 4 is 49.8 Å². The summed E-state index contributed by atoms with van der Waals surface area (Å²) in [5.41, 5.74) is 7.89. The smallest absolute Gasteiger partial charge is 0.136 e. The highest BCUT2D eigenvalue weighted by Gasteiger charge is 2.22. The Hall–Kier alpha value is -5.02. The topological polar surface area (TPSA) is 36.6 Å². The fourth-order valence-electron chi connectivity index (χ4n) is 6.87. The normalized spacial score (nSPS) is 13.8. The Morgan fingerprint density at radius 2 is 1.33 bits per heavy atom. The van der Waals surface area contributed by atoms with Crippen molar-refractivity contribution < 1.29 is 9.52 Å². The van der Waals surface area contributed by atoms with Crippen molar-refractivity contribution in [2.45, 2.75) is 31.6 Å². The number of phenolic OH excluding ortho intramolecular Hbond substituents is 1. The van der Waals surface area contributed by atoms with E-state index < -0.39 is 0 Å². The molecule has 0 unspecified atom stereocenters. The number of aromatic hydroxyl groups is 1. The first-order valence-corrected chi connectivity index (χ1v) is 14.9. The number of para-hydroxylation sites is 2. The first-order valence-electron chi connectivity index (χ1n) is 14.9. The number of benzene rings is 6. The molecule has 42 heavy (non-hydrogen) atoms. The summed E-state index contributed by atoms with van der Waals surface area (Å²) in [5, 5.41) is 16.0. The third-order valence-electron chi connectivity index (χ3n) is 8.89. The summed E-state index contributed by atoms with van der Waals surface area (Å²) in [7, 11) is 0. The second-order valence-electron chi connectivity index (χ2n) is 11.4. The maximum atomic E-state index is 11.4. The van der Waals surface area contributed by atoms with Gasteiger partial charge in [0.15, 0.2) is 0 Å². The van der Waals surface area contributed by atoms with Crippen LogP contribution in [0.25, 0.3) is 43.8 Å². The van der Waals surface area contributed by atoms with Gasteiger partial charge in [-0.2, -0.15) is 0 Å². The second-order valence-corrected chi connectivity index (χ2v) is 11.4. The lowest BCUT2D eigenvalue weighted by Crippen LogP contribution is -2.09. The average Bonchev–Trinajstić information content (AvgIpc) is 3.71. The van der Waals surface area contributed by atoms with Gasteiger partial charge in [-0.15, -0.1) is 0 Å². The molecule has 1 aromatic heterocycles. The minimum absolute atomic E-state index is 0.422. The summed E-state index contributed by atoms with van der Waals surface area (Å²) in [5.74, 6) is 0.868. The van der Waals surface area contributed by atoms with Gasteiger partial charge in [0.2, 0.25) is 0 Å². The zero-order chi connectivity index (χ0) is 28.0. The van der Waals surface area contributed by atoms with Gasteiger partial charge in [0.05, 0.1) is 0 Å². The minimum atomic E-state index is 0.422. The highest BCUT2D eigenvalue weighted by atomic mass is 16.3. The Labute approximate surface area is 245 Å². The summed E-state index contributed by atoms with van der Waals surface area (Å²) in [6, 6.07) is 44.3. The van der Waals surface area contributed by atoms with Gasteiger partial charge in [-0.1, -0.05) is 91.7 Å². The fourth-order valence-corrected chi connectivity index (χ4v) is 6.87. The molecule has 3 nitrogen and oxygen atoms in total. The van der Waals surface area contributed by atoms with Crippen LogP contribution in [0.15, 0.2) is 132 Å². The molecule has 0 aliphatic heterocycles. The van der Waals surface area contributed by atoms with E-state index in [0.717, 1.165) is 68.5 Å². The van der Waals surface area contributed by atoms with E-state index in [9.17, 15) is 5.11 Å². The van der Waals surface area contributed by atoms with E-state index in [4.69, 9.17) is 4.42 Å². The van der Waals surface area contributed by atoms with Gasteiger partial charge in [-0.25, -0.2) is 0 Å². The van der Waals surface area contributed by atoms with Gasteiger partial charge in [-0.05, 0) is 89.2 Å². The average molecular weight is 546 g/mol. The number of rotatable bonds is 5. The Bertz CT molecular complexity index is 2070. The minimum Gasteiger partial charge on any atom is -0.507 e. The van der Waals surface area contributed by atoms with Crippen molar-refractivity contribution in [3.8, 4) is 16.9 Å². The van der Waals surface area contributed by atoms with Crippen LogP contribution in [0.1, 0.15) is 37.2 Å². The molecule has 0 saturated heterocycles. The summed E-state index contributed by atoms with van der Waals surface area (Å²) >= 11 is 0. The molecule has 1 saturated carbocycles. The van der Waals surface area contributed by atoms with Crippen LogP contribution in [0.3, 0.4) is 0 Å². The standard InChI is InChI=1S/C39H31NO2/c41-39-33(26-10-4-5-11-26)18-9-19-34(39)28-13-8-16-30(24-28)40(29-14-2-1-3-15-29)31-21-23-36-35(25-31)38-32-17-7-6-12-27(32)20-22-37(38)42-36/h1-3,6-9,12-26,41H,4-5,10-11H2. The molecule has 3 heteroatoms. The number of fused-ring (bicyclic) bond motifs is 5. The highest BCUT2D eigenvalue weighted by Crippen LogP contribution is 2.45. The molecule has 0 spiro atoms. The largest absolute Gasteiger partial charge is 0.507 e. The maximum absolute atomic E-state index is 11.4.